The van der Waals surface area contributed by atoms with E-state index in [1.807, 2.05) is 85.4 Å². The molecule has 3 aromatic rings. The van der Waals surface area contributed by atoms with Gasteiger partial charge in [0.1, 0.15) is 23.3 Å². The fourth-order valence-corrected chi connectivity index (χ4v) is 5.37. The van der Waals surface area contributed by atoms with E-state index in [0.29, 0.717) is 0 Å². The van der Waals surface area contributed by atoms with Crippen molar-refractivity contribution in [3.63, 3.8) is 0 Å². The standard InChI is InChI=1S/C23H23NO4Si/c1-25-19-13-9-17(10-14-19)22-23(18-11-15-20(26-2)16-12-18)27-29(3,28-24-22)21-7-5-4-6-8-21/h4-16,23H,1-3H3. The number of hydrogen-bond acceptors (Lipinski definition) is 5. The number of benzene rings is 3. The van der Waals surface area contributed by atoms with Gasteiger partial charge in [-0.2, -0.15) is 0 Å². The number of methoxy groups -OCH3 is 2. The summed E-state index contributed by atoms with van der Waals surface area (Å²) in [6, 6.07) is 25.7. The van der Waals surface area contributed by atoms with Crippen molar-refractivity contribution in [3.8, 4) is 11.5 Å². The summed E-state index contributed by atoms with van der Waals surface area (Å²) in [6.45, 7) is 2.02. The molecule has 6 heteroatoms. The molecule has 1 aliphatic rings. The van der Waals surface area contributed by atoms with Crippen molar-refractivity contribution in [2.75, 3.05) is 14.2 Å². The number of hydrogen-bond donors (Lipinski definition) is 0. The minimum absolute atomic E-state index is 0.347. The van der Waals surface area contributed by atoms with Crippen molar-refractivity contribution in [1.82, 2.24) is 0 Å². The largest absolute Gasteiger partial charge is 0.497 e. The van der Waals surface area contributed by atoms with E-state index < -0.39 is 8.56 Å². The molecule has 0 aromatic heterocycles. The highest BCUT2D eigenvalue weighted by atomic mass is 28.4. The molecule has 148 valence electrons. The van der Waals surface area contributed by atoms with Gasteiger partial charge >= 0.3 is 8.56 Å². The predicted molar refractivity (Wildman–Crippen MR) is 115 cm³/mol. The number of rotatable bonds is 5. The molecule has 1 heterocycles. The Labute approximate surface area is 171 Å². The van der Waals surface area contributed by atoms with E-state index in [9.17, 15) is 0 Å². The maximum Gasteiger partial charge on any atom is 0.458 e. The van der Waals surface area contributed by atoms with Crippen molar-refractivity contribution in [3.05, 3.63) is 90.0 Å². The van der Waals surface area contributed by atoms with Crippen LogP contribution in [0.3, 0.4) is 0 Å². The first-order chi connectivity index (χ1) is 14.1. The molecule has 0 radical (unpaired) electrons. The summed E-state index contributed by atoms with van der Waals surface area (Å²) in [6.07, 6.45) is -0.347. The Balaban J connectivity index is 1.76. The van der Waals surface area contributed by atoms with Crippen LogP contribution in [0.2, 0.25) is 6.55 Å². The van der Waals surface area contributed by atoms with Crippen LogP contribution in [0.1, 0.15) is 17.2 Å². The lowest BCUT2D eigenvalue weighted by atomic mass is 9.99. The Morgan fingerprint density at radius 3 is 1.97 bits per heavy atom. The molecule has 5 nitrogen and oxygen atoms in total. The monoisotopic (exact) mass is 405 g/mol. The molecule has 29 heavy (non-hydrogen) atoms. The first-order valence-corrected chi connectivity index (χ1v) is 11.7. The lowest BCUT2D eigenvalue weighted by Gasteiger charge is -2.35. The molecule has 2 unspecified atom stereocenters. The van der Waals surface area contributed by atoms with Crippen molar-refractivity contribution in [2.24, 2.45) is 5.16 Å². The maximum atomic E-state index is 6.66. The third kappa shape index (κ3) is 3.90. The Bertz CT molecular complexity index is 990. The highest BCUT2D eigenvalue weighted by molar-refractivity contribution is 6.80. The van der Waals surface area contributed by atoms with Gasteiger partial charge in [-0.3, -0.25) is 0 Å². The molecule has 0 amide bonds. The molecule has 0 N–H and O–H groups in total. The zero-order valence-electron chi connectivity index (χ0n) is 16.7. The molecular formula is C23H23NO4Si. The second kappa shape index (κ2) is 8.11. The fraction of sp³-hybridized carbons (Fsp3) is 0.174. The van der Waals surface area contributed by atoms with Crippen LogP contribution in [0.5, 0.6) is 11.5 Å². The van der Waals surface area contributed by atoms with Gasteiger partial charge in [-0.25, -0.2) is 0 Å². The molecule has 0 bridgehead atoms. The summed E-state index contributed by atoms with van der Waals surface area (Å²) in [7, 11) is 0.589. The van der Waals surface area contributed by atoms with E-state index in [4.69, 9.17) is 18.4 Å². The van der Waals surface area contributed by atoms with Gasteiger partial charge in [0.05, 0.1) is 14.2 Å². The van der Waals surface area contributed by atoms with Crippen LogP contribution in [0.25, 0.3) is 0 Å². The quantitative estimate of drug-likeness (QED) is 0.598. The average molecular weight is 406 g/mol. The lowest BCUT2D eigenvalue weighted by Crippen LogP contribution is -2.54. The minimum atomic E-state index is -2.72. The Kier molecular flexibility index (Phi) is 5.38. The minimum Gasteiger partial charge on any atom is -0.497 e. The van der Waals surface area contributed by atoms with E-state index in [1.165, 1.54) is 0 Å². The molecule has 0 saturated heterocycles. The highest BCUT2D eigenvalue weighted by Crippen LogP contribution is 2.33. The van der Waals surface area contributed by atoms with E-state index in [1.54, 1.807) is 14.2 Å². The lowest BCUT2D eigenvalue weighted by molar-refractivity contribution is 0.141. The molecule has 4 rings (SSSR count). The second-order valence-electron chi connectivity index (χ2n) is 6.88. The topological polar surface area (TPSA) is 49.3 Å². The van der Waals surface area contributed by atoms with Gasteiger partial charge < -0.3 is 18.4 Å². The molecule has 3 aromatic carbocycles. The normalized spacial score (nSPS) is 21.1. The average Bonchev–Trinajstić information content (AvgIpc) is 2.80. The van der Waals surface area contributed by atoms with E-state index in [2.05, 4.69) is 5.16 Å². The van der Waals surface area contributed by atoms with Gasteiger partial charge in [0.2, 0.25) is 0 Å². The number of ether oxygens (including phenoxy) is 2. The molecule has 2 atom stereocenters. The van der Waals surface area contributed by atoms with Gasteiger partial charge in [-0.1, -0.05) is 47.6 Å². The molecule has 0 aliphatic carbocycles. The second-order valence-corrected chi connectivity index (χ2v) is 9.77. The molecule has 0 spiro atoms. The SMILES string of the molecule is COc1ccc(C2=NO[Si](C)(c3ccccc3)OC2c2ccc(OC)cc2)cc1. The molecule has 1 aliphatic heterocycles. The third-order valence-electron chi connectivity index (χ3n) is 5.01. The van der Waals surface area contributed by atoms with E-state index in [-0.39, 0.29) is 6.10 Å². The number of oxime groups is 1. The Hall–Kier alpha value is -3.09. The van der Waals surface area contributed by atoms with Crippen LogP contribution < -0.4 is 14.7 Å². The summed E-state index contributed by atoms with van der Waals surface area (Å²) >= 11 is 0. The Morgan fingerprint density at radius 1 is 0.793 bits per heavy atom. The Morgan fingerprint density at radius 2 is 1.38 bits per heavy atom. The maximum absolute atomic E-state index is 6.66. The summed E-state index contributed by atoms with van der Waals surface area (Å²) in [5.74, 6) is 1.59. The van der Waals surface area contributed by atoms with E-state index in [0.717, 1.165) is 33.5 Å². The van der Waals surface area contributed by atoms with Crippen LogP contribution in [0, 0.1) is 0 Å². The van der Waals surface area contributed by atoms with Crippen molar-refractivity contribution < 1.29 is 18.4 Å². The molecule has 0 saturated carbocycles. The zero-order valence-corrected chi connectivity index (χ0v) is 17.7. The summed E-state index contributed by atoms with van der Waals surface area (Å²) in [5, 5.41) is 5.60. The summed E-state index contributed by atoms with van der Waals surface area (Å²) < 4.78 is 23.3. The van der Waals surface area contributed by atoms with Crippen LogP contribution in [-0.4, -0.2) is 28.5 Å². The smallest absolute Gasteiger partial charge is 0.458 e. The van der Waals surface area contributed by atoms with Crippen molar-refractivity contribution in [2.45, 2.75) is 12.7 Å². The zero-order chi connectivity index (χ0) is 20.3. The van der Waals surface area contributed by atoms with Gasteiger partial charge in [-0.15, -0.1) is 0 Å². The van der Waals surface area contributed by atoms with Crippen molar-refractivity contribution >= 4 is 19.5 Å². The van der Waals surface area contributed by atoms with Crippen LogP contribution in [0.15, 0.2) is 84.0 Å². The van der Waals surface area contributed by atoms with Gasteiger partial charge in [-0.05, 0) is 48.5 Å². The highest BCUT2D eigenvalue weighted by Gasteiger charge is 2.45. The van der Waals surface area contributed by atoms with Crippen LogP contribution in [-0.2, 0) is 8.95 Å². The first kappa shape index (κ1) is 19.2. The molecule has 0 fully saturated rings. The summed E-state index contributed by atoms with van der Waals surface area (Å²) in [5.41, 5.74) is 2.66. The number of nitrogens with zero attached hydrogens (tertiary/aromatic N) is 1. The van der Waals surface area contributed by atoms with Crippen molar-refractivity contribution in [1.29, 1.82) is 0 Å². The summed E-state index contributed by atoms with van der Waals surface area (Å²) in [4.78, 5) is 0. The van der Waals surface area contributed by atoms with E-state index >= 15 is 0 Å². The fourth-order valence-electron chi connectivity index (χ4n) is 3.32. The third-order valence-corrected chi connectivity index (χ3v) is 7.52. The van der Waals surface area contributed by atoms with Gasteiger partial charge in [0.15, 0.2) is 0 Å². The van der Waals surface area contributed by atoms with Crippen LogP contribution >= 0.6 is 0 Å². The van der Waals surface area contributed by atoms with Crippen LogP contribution in [0.4, 0.5) is 0 Å². The van der Waals surface area contributed by atoms with Gasteiger partial charge in [0.25, 0.3) is 0 Å². The first-order valence-electron chi connectivity index (χ1n) is 9.41. The van der Waals surface area contributed by atoms with Gasteiger partial charge in [0, 0.05) is 10.8 Å². The molecular weight excluding hydrogens is 382 g/mol. The predicted octanol–water partition coefficient (Wildman–Crippen LogP) is 4.18.